The van der Waals surface area contributed by atoms with E-state index >= 15 is 0 Å². The zero-order chi connectivity index (χ0) is 11.7. The van der Waals surface area contributed by atoms with Gasteiger partial charge in [-0.3, -0.25) is 0 Å². The lowest BCUT2D eigenvalue weighted by atomic mass is 10.1. The molecule has 0 unspecified atom stereocenters. The molecule has 1 saturated carbocycles. The number of hydrogen-bond donors (Lipinski definition) is 1. The van der Waals surface area contributed by atoms with Crippen LogP contribution >= 0.6 is 0 Å². The Labute approximate surface area is 102 Å². The van der Waals surface area contributed by atoms with Gasteiger partial charge in [0.1, 0.15) is 5.75 Å². The number of hydrogen-bond acceptors (Lipinski definition) is 3. The minimum absolute atomic E-state index is 0.213. The molecule has 0 saturated heterocycles. The van der Waals surface area contributed by atoms with Gasteiger partial charge in [-0.25, -0.2) is 0 Å². The molecule has 17 heavy (non-hydrogen) atoms. The second-order valence-corrected chi connectivity index (χ2v) is 5.08. The van der Waals surface area contributed by atoms with Gasteiger partial charge in [-0.2, -0.15) is 0 Å². The summed E-state index contributed by atoms with van der Waals surface area (Å²) in [7, 11) is 0. The normalized spacial score (nSPS) is 22.5. The average molecular weight is 233 g/mol. The second-order valence-electron chi connectivity index (χ2n) is 5.08. The number of fused-ring (bicyclic) bond motifs is 1. The van der Waals surface area contributed by atoms with Crippen LogP contribution in [0.2, 0.25) is 0 Å². The minimum Gasteiger partial charge on any atom is -0.468 e. The Kier molecular flexibility index (Phi) is 3.04. The molecule has 2 aliphatic carbocycles. The zero-order valence-corrected chi connectivity index (χ0v) is 10.0. The number of aryl methyl sites for hydroxylation is 1. The van der Waals surface area contributed by atoms with Crippen LogP contribution < -0.4 is 10.5 Å². The SMILES string of the molecule is N[C@@H]1CCc2cc(OCOCC3CC3)ccc21. The number of rotatable bonds is 5. The molecule has 0 spiro atoms. The van der Waals surface area contributed by atoms with Gasteiger partial charge in [0.25, 0.3) is 0 Å². The first-order valence-electron chi connectivity index (χ1n) is 6.42. The fraction of sp³-hybridized carbons (Fsp3) is 0.571. The lowest BCUT2D eigenvalue weighted by Crippen LogP contribution is -2.06. The summed E-state index contributed by atoms with van der Waals surface area (Å²) in [5.41, 5.74) is 8.60. The molecule has 1 aromatic rings. The summed E-state index contributed by atoms with van der Waals surface area (Å²) in [4.78, 5) is 0. The van der Waals surface area contributed by atoms with Gasteiger partial charge in [0, 0.05) is 6.04 Å². The first-order valence-corrected chi connectivity index (χ1v) is 6.42. The lowest BCUT2D eigenvalue weighted by molar-refractivity contribution is 0.00995. The molecule has 3 nitrogen and oxygen atoms in total. The monoisotopic (exact) mass is 233 g/mol. The summed E-state index contributed by atoms with van der Waals surface area (Å²) < 4.78 is 11.0. The molecule has 1 atom stereocenters. The molecule has 2 N–H and O–H groups in total. The predicted octanol–water partition coefficient (Wildman–Crippen LogP) is 2.40. The van der Waals surface area contributed by atoms with Gasteiger partial charge < -0.3 is 15.2 Å². The van der Waals surface area contributed by atoms with Crippen molar-refractivity contribution >= 4 is 0 Å². The van der Waals surface area contributed by atoms with Gasteiger partial charge in [-0.05, 0) is 54.9 Å². The topological polar surface area (TPSA) is 44.5 Å². The van der Waals surface area contributed by atoms with E-state index in [2.05, 4.69) is 12.1 Å². The highest BCUT2D eigenvalue weighted by molar-refractivity contribution is 5.40. The Morgan fingerprint density at radius 1 is 1.24 bits per heavy atom. The van der Waals surface area contributed by atoms with Gasteiger partial charge in [0.15, 0.2) is 6.79 Å². The Balaban J connectivity index is 1.52. The Morgan fingerprint density at radius 2 is 2.12 bits per heavy atom. The molecule has 0 aliphatic heterocycles. The maximum Gasteiger partial charge on any atom is 0.189 e. The van der Waals surface area contributed by atoms with Crippen molar-refractivity contribution in [1.82, 2.24) is 0 Å². The van der Waals surface area contributed by atoms with Crippen LogP contribution in [0.3, 0.4) is 0 Å². The smallest absolute Gasteiger partial charge is 0.189 e. The lowest BCUT2D eigenvalue weighted by Gasteiger charge is -2.09. The van der Waals surface area contributed by atoms with Gasteiger partial charge in [-0.1, -0.05) is 6.07 Å². The summed E-state index contributed by atoms with van der Waals surface area (Å²) in [6.45, 7) is 1.21. The van der Waals surface area contributed by atoms with Crippen LogP contribution in [0.25, 0.3) is 0 Å². The van der Waals surface area contributed by atoms with E-state index in [1.165, 1.54) is 24.0 Å². The minimum atomic E-state index is 0.213. The van der Waals surface area contributed by atoms with Crippen LogP contribution in [0.15, 0.2) is 18.2 Å². The molecule has 2 aliphatic rings. The van der Waals surface area contributed by atoms with Crippen molar-refractivity contribution in [3.63, 3.8) is 0 Å². The molecule has 0 aromatic heterocycles. The van der Waals surface area contributed by atoms with Gasteiger partial charge in [0.05, 0.1) is 6.61 Å². The third-order valence-electron chi connectivity index (χ3n) is 3.60. The van der Waals surface area contributed by atoms with E-state index in [1.54, 1.807) is 0 Å². The summed E-state index contributed by atoms with van der Waals surface area (Å²) in [5, 5.41) is 0. The van der Waals surface area contributed by atoms with E-state index in [9.17, 15) is 0 Å². The fourth-order valence-corrected chi connectivity index (χ4v) is 2.33. The Morgan fingerprint density at radius 3 is 2.94 bits per heavy atom. The van der Waals surface area contributed by atoms with E-state index in [0.717, 1.165) is 31.1 Å². The van der Waals surface area contributed by atoms with Crippen molar-refractivity contribution in [3.8, 4) is 5.75 Å². The van der Waals surface area contributed by atoms with E-state index in [-0.39, 0.29) is 6.04 Å². The highest BCUT2D eigenvalue weighted by Gasteiger charge is 2.21. The van der Waals surface area contributed by atoms with Gasteiger partial charge >= 0.3 is 0 Å². The Bertz CT molecular complexity index is 401. The van der Waals surface area contributed by atoms with Gasteiger partial charge in [-0.15, -0.1) is 0 Å². The van der Waals surface area contributed by atoms with E-state index < -0.39 is 0 Å². The van der Waals surface area contributed by atoms with Crippen molar-refractivity contribution in [2.45, 2.75) is 31.7 Å². The average Bonchev–Trinajstić information content (AvgIpc) is 3.10. The van der Waals surface area contributed by atoms with Crippen LogP contribution in [0, 0.1) is 5.92 Å². The molecule has 0 radical (unpaired) electrons. The number of ether oxygens (including phenoxy) is 2. The predicted molar refractivity (Wildman–Crippen MR) is 65.9 cm³/mol. The first-order chi connectivity index (χ1) is 8.33. The van der Waals surface area contributed by atoms with Crippen LogP contribution in [-0.4, -0.2) is 13.4 Å². The van der Waals surface area contributed by atoms with E-state index in [1.807, 2.05) is 6.07 Å². The maximum atomic E-state index is 5.99. The number of benzene rings is 1. The second kappa shape index (κ2) is 4.67. The summed E-state index contributed by atoms with van der Waals surface area (Å²) in [5.74, 6) is 1.69. The fourth-order valence-electron chi connectivity index (χ4n) is 2.33. The molecular weight excluding hydrogens is 214 g/mol. The Hall–Kier alpha value is -1.06. The van der Waals surface area contributed by atoms with E-state index in [0.29, 0.717) is 6.79 Å². The van der Waals surface area contributed by atoms with Crippen molar-refractivity contribution in [3.05, 3.63) is 29.3 Å². The van der Waals surface area contributed by atoms with Crippen LogP contribution in [-0.2, 0) is 11.2 Å². The molecule has 1 aromatic carbocycles. The molecule has 92 valence electrons. The summed E-state index contributed by atoms with van der Waals surface area (Å²) >= 11 is 0. The molecule has 3 heteroatoms. The molecular formula is C14H19NO2. The van der Waals surface area contributed by atoms with Crippen molar-refractivity contribution in [2.24, 2.45) is 11.7 Å². The molecule has 1 fully saturated rings. The quantitative estimate of drug-likeness (QED) is 0.627. The van der Waals surface area contributed by atoms with Crippen LogP contribution in [0.5, 0.6) is 5.75 Å². The summed E-state index contributed by atoms with van der Waals surface area (Å²) in [6, 6.07) is 6.39. The summed E-state index contributed by atoms with van der Waals surface area (Å²) in [6.07, 6.45) is 4.75. The molecule has 0 heterocycles. The molecule has 0 bridgehead atoms. The highest BCUT2D eigenvalue weighted by Crippen LogP contribution is 2.32. The zero-order valence-electron chi connectivity index (χ0n) is 10.0. The van der Waals surface area contributed by atoms with Crippen molar-refractivity contribution in [2.75, 3.05) is 13.4 Å². The maximum absolute atomic E-state index is 5.99. The van der Waals surface area contributed by atoms with E-state index in [4.69, 9.17) is 15.2 Å². The van der Waals surface area contributed by atoms with Gasteiger partial charge in [0.2, 0.25) is 0 Å². The highest BCUT2D eigenvalue weighted by atomic mass is 16.7. The molecule has 0 amide bonds. The number of nitrogens with two attached hydrogens (primary N) is 1. The van der Waals surface area contributed by atoms with Crippen molar-refractivity contribution in [1.29, 1.82) is 0 Å². The third-order valence-corrected chi connectivity index (χ3v) is 3.60. The third kappa shape index (κ3) is 2.61. The van der Waals surface area contributed by atoms with Crippen LogP contribution in [0.4, 0.5) is 0 Å². The standard InChI is InChI=1S/C14H19NO2/c15-14-6-3-11-7-12(4-5-13(11)14)17-9-16-8-10-1-2-10/h4-5,7,10,14H,1-3,6,8-9,15H2/t14-/m1/s1. The first kappa shape index (κ1) is 11.1. The van der Waals surface area contributed by atoms with Crippen molar-refractivity contribution < 1.29 is 9.47 Å². The molecule has 3 rings (SSSR count). The van der Waals surface area contributed by atoms with Crippen LogP contribution in [0.1, 0.15) is 36.4 Å². The largest absolute Gasteiger partial charge is 0.468 e.